The van der Waals surface area contributed by atoms with Crippen LogP contribution in [-0.2, 0) is 0 Å². The second-order valence-corrected chi connectivity index (χ2v) is 7.51. The van der Waals surface area contributed by atoms with Crippen LogP contribution in [0.5, 0.6) is 5.75 Å². The van der Waals surface area contributed by atoms with Crippen molar-refractivity contribution in [2.24, 2.45) is 10.9 Å². The Morgan fingerprint density at radius 2 is 2.04 bits per heavy atom. The van der Waals surface area contributed by atoms with Gasteiger partial charge < -0.3 is 10.1 Å². The molecule has 0 fully saturated rings. The summed E-state index contributed by atoms with van der Waals surface area (Å²) in [7, 11) is 1.68. The molecule has 2 atom stereocenters. The van der Waals surface area contributed by atoms with E-state index in [0.717, 1.165) is 29.9 Å². The van der Waals surface area contributed by atoms with E-state index in [1.54, 1.807) is 7.11 Å². The van der Waals surface area contributed by atoms with Gasteiger partial charge in [-0.1, -0.05) is 30.4 Å². The summed E-state index contributed by atoms with van der Waals surface area (Å²) in [6.45, 7) is 8.44. The predicted molar refractivity (Wildman–Crippen MR) is 112 cm³/mol. The highest BCUT2D eigenvalue weighted by molar-refractivity contribution is 5.81. The SMILES string of the molecule is C=C1C=CC2=C(CC3C=C(C)CC2(/N=C/c2ccc(OC)cc2)/C3=C/C)N1. The monoisotopic (exact) mass is 358 g/mol. The topological polar surface area (TPSA) is 33.6 Å². The highest BCUT2D eigenvalue weighted by atomic mass is 16.5. The van der Waals surface area contributed by atoms with E-state index in [9.17, 15) is 0 Å². The Bertz CT molecular complexity index is 928. The van der Waals surface area contributed by atoms with E-state index in [2.05, 4.69) is 50.0 Å². The Labute approximate surface area is 161 Å². The van der Waals surface area contributed by atoms with E-state index in [-0.39, 0.29) is 5.54 Å². The number of aliphatic imine (C=N–C) groups is 1. The molecule has 0 amide bonds. The lowest BCUT2D eigenvalue weighted by atomic mass is 9.62. The molecule has 1 heterocycles. The first-order chi connectivity index (χ1) is 13.1. The van der Waals surface area contributed by atoms with Crippen LogP contribution in [0.15, 0.2) is 88.3 Å². The fourth-order valence-electron chi connectivity index (χ4n) is 4.60. The molecule has 2 aliphatic carbocycles. The molecule has 0 saturated carbocycles. The van der Waals surface area contributed by atoms with Crippen LogP contribution in [0.25, 0.3) is 0 Å². The third-order valence-electron chi connectivity index (χ3n) is 5.72. The van der Waals surface area contributed by atoms with Gasteiger partial charge in [-0.25, -0.2) is 0 Å². The van der Waals surface area contributed by atoms with Crippen molar-refractivity contribution in [2.45, 2.75) is 32.2 Å². The van der Waals surface area contributed by atoms with Crippen molar-refractivity contribution in [3.8, 4) is 5.75 Å². The Balaban J connectivity index is 1.82. The van der Waals surface area contributed by atoms with E-state index in [4.69, 9.17) is 9.73 Å². The molecule has 1 aliphatic heterocycles. The first-order valence-corrected chi connectivity index (χ1v) is 9.46. The molecular weight excluding hydrogens is 332 g/mol. The summed E-state index contributed by atoms with van der Waals surface area (Å²) in [5.41, 5.74) is 7.03. The maximum Gasteiger partial charge on any atom is 0.118 e. The fourth-order valence-corrected chi connectivity index (χ4v) is 4.60. The Morgan fingerprint density at radius 1 is 1.26 bits per heavy atom. The van der Waals surface area contributed by atoms with Gasteiger partial charge in [-0.2, -0.15) is 0 Å². The molecule has 1 aromatic rings. The summed E-state index contributed by atoms with van der Waals surface area (Å²) in [5.74, 6) is 1.25. The molecule has 0 spiro atoms. The minimum Gasteiger partial charge on any atom is -0.497 e. The highest BCUT2D eigenvalue weighted by Crippen LogP contribution is 2.52. The van der Waals surface area contributed by atoms with Gasteiger partial charge in [-0.3, -0.25) is 4.99 Å². The standard InChI is InChI=1S/C24H26N2O/c1-5-21-19-12-16(2)14-24(21,22-11-6-17(3)26-23(22)13-19)25-15-18-7-9-20(27-4)10-8-18/h5-12,15,19,26H,3,13-14H2,1-2,4H3/b21-5+,25-15+. The number of nitrogens with one attached hydrogen (secondary N) is 1. The second kappa shape index (κ2) is 6.73. The number of nitrogens with zero attached hydrogens (tertiary/aromatic N) is 1. The lowest BCUT2D eigenvalue weighted by Crippen LogP contribution is -2.44. The highest BCUT2D eigenvalue weighted by Gasteiger charge is 2.47. The molecule has 3 nitrogen and oxygen atoms in total. The van der Waals surface area contributed by atoms with Crippen molar-refractivity contribution >= 4 is 6.21 Å². The van der Waals surface area contributed by atoms with Crippen molar-refractivity contribution in [1.82, 2.24) is 5.32 Å². The lowest BCUT2D eigenvalue weighted by molar-refractivity contribution is 0.415. The van der Waals surface area contributed by atoms with E-state index in [1.807, 2.05) is 30.5 Å². The van der Waals surface area contributed by atoms with Crippen molar-refractivity contribution in [2.75, 3.05) is 7.11 Å². The van der Waals surface area contributed by atoms with Crippen molar-refractivity contribution in [1.29, 1.82) is 0 Å². The lowest BCUT2D eigenvalue weighted by Gasteiger charge is -2.47. The quantitative estimate of drug-likeness (QED) is 0.603. The molecular formula is C24H26N2O. The Kier molecular flexibility index (Phi) is 4.39. The first kappa shape index (κ1) is 17.6. The van der Waals surface area contributed by atoms with Crippen molar-refractivity contribution in [3.05, 3.63) is 88.8 Å². The third-order valence-corrected chi connectivity index (χ3v) is 5.72. The second-order valence-electron chi connectivity index (χ2n) is 7.51. The van der Waals surface area contributed by atoms with E-state index < -0.39 is 0 Å². The van der Waals surface area contributed by atoms with Crippen LogP contribution < -0.4 is 10.1 Å². The number of methoxy groups -OCH3 is 1. The van der Waals surface area contributed by atoms with E-state index >= 15 is 0 Å². The van der Waals surface area contributed by atoms with E-state index in [1.165, 1.54) is 22.4 Å². The Morgan fingerprint density at radius 3 is 2.74 bits per heavy atom. The molecule has 0 saturated heterocycles. The van der Waals surface area contributed by atoms with Crippen LogP contribution in [0.4, 0.5) is 0 Å². The number of rotatable bonds is 3. The average Bonchev–Trinajstić information content (AvgIpc) is 2.66. The van der Waals surface area contributed by atoms with Gasteiger partial charge in [0.2, 0.25) is 0 Å². The molecule has 27 heavy (non-hydrogen) atoms. The van der Waals surface area contributed by atoms with Gasteiger partial charge in [0.1, 0.15) is 11.3 Å². The molecule has 4 rings (SSSR count). The minimum absolute atomic E-state index is 0.337. The summed E-state index contributed by atoms with van der Waals surface area (Å²) < 4.78 is 5.26. The van der Waals surface area contributed by atoms with Gasteiger partial charge in [-0.15, -0.1) is 0 Å². The molecule has 2 unspecified atom stereocenters. The number of benzene rings is 1. The van der Waals surface area contributed by atoms with E-state index in [0.29, 0.717) is 5.92 Å². The first-order valence-electron chi connectivity index (χ1n) is 9.46. The molecule has 3 aliphatic rings. The molecule has 1 aromatic carbocycles. The van der Waals surface area contributed by atoms with Crippen LogP contribution in [0.3, 0.4) is 0 Å². The van der Waals surface area contributed by atoms with Gasteiger partial charge in [-0.05, 0) is 61.7 Å². The fraction of sp³-hybridized carbons (Fsp3) is 0.292. The summed E-state index contributed by atoms with van der Waals surface area (Å²) in [5, 5.41) is 3.50. The van der Waals surface area contributed by atoms with Gasteiger partial charge in [0.05, 0.1) is 7.11 Å². The van der Waals surface area contributed by atoms with Gasteiger partial charge in [0.15, 0.2) is 0 Å². The van der Waals surface area contributed by atoms with Crippen molar-refractivity contribution in [3.63, 3.8) is 0 Å². The van der Waals surface area contributed by atoms with Crippen LogP contribution in [0, 0.1) is 5.92 Å². The third kappa shape index (κ3) is 2.97. The number of allylic oxidation sites excluding steroid dienone is 4. The number of dihydropyridines is 1. The Hall–Kier alpha value is -2.81. The van der Waals surface area contributed by atoms with Crippen LogP contribution in [-0.4, -0.2) is 18.9 Å². The zero-order valence-electron chi connectivity index (χ0n) is 16.3. The van der Waals surface area contributed by atoms with Gasteiger partial charge in [0.25, 0.3) is 0 Å². The summed E-state index contributed by atoms with van der Waals surface area (Å²) in [6.07, 6.45) is 12.8. The van der Waals surface area contributed by atoms with Crippen LogP contribution >= 0.6 is 0 Å². The molecule has 3 heteroatoms. The van der Waals surface area contributed by atoms with Gasteiger partial charge in [0, 0.05) is 35.5 Å². The van der Waals surface area contributed by atoms with Crippen LogP contribution in [0.1, 0.15) is 32.3 Å². The molecule has 2 bridgehead atoms. The molecule has 0 radical (unpaired) electrons. The minimum atomic E-state index is -0.337. The smallest absolute Gasteiger partial charge is 0.118 e. The maximum atomic E-state index is 5.26. The van der Waals surface area contributed by atoms with Gasteiger partial charge >= 0.3 is 0 Å². The molecule has 1 N–H and O–H groups in total. The predicted octanol–water partition coefficient (Wildman–Crippen LogP) is 5.10. The zero-order chi connectivity index (χ0) is 19.0. The normalized spacial score (nSPS) is 28.3. The number of hydrogen-bond donors (Lipinski definition) is 1. The zero-order valence-corrected chi connectivity index (χ0v) is 16.3. The average molecular weight is 358 g/mol. The maximum absolute atomic E-state index is 5.26. The molecule has 138 valence electrons. The molecule has 0 aromatic heterocycles. The summed E-state index contributed by atoms with van der Waals surface area (Å²) >= 11 is 0. The summed E-state index contributed by atoms with van der Waals surface area (Å²) in [4.78, 5) is 5.22. The van der Waals surface area contributed by atoms with Crippen LogP contribution in [0.2, 0.25) is 0 Å². The summed E-state index contributed by atoms with van der Waals surface area (Å²) in [6, 6.07) is 8.04. The number of ether oxygens (including phenoxy) is 1. The number of fused-ring (bicyclic) bond motifs is 3. The van der Waals surface area contributed by atoms with Crippen molar-refractivity contribution < 1.29 is 4.74 Å². The largest absolute Gasteiger partial charge is 0.497 e. The number of hydrogen-bond acceptors (Lipinski definition) is 3.